The van der Waals surface area contributed by atoms with E-state index in [4.69, 9.17) is 0 Å². The van der Waals surface area contributed by atoms with E-state index in [0.29, 0.717) is 18.2 Å². The van der Waals surface area contributed by atoms with Crippen LogP contribution in [0.4, 0.5) is 8.78 Å². The van der Waals surface area contributed by atoms with Crippen molar-refractivity contribution >= 4 is 5.91 Å². The molecule has 0 saturated heterocycles. The smallest absolute Gasteiger partial charge is 0.251 e. The van der Waals surface area contributed by atoms with E-state index < -0.39 is 11.6 Å². The van der Waals surface area contributed by atoms with Gasteiger partial charge in [0.1, 0.15) is 11.6 Å². The van der Waals surface area contributed by atoms with Gasteiger partial charge < -0.3 is 16.0 Å². The minimum Gasteiger partial charge on any atom is -0.352 e. The summed E-state index contributed by atoms with van der Waals surface area (Å²) in [5, 5.41) is 10.2. The number of hydrogen-bond acceptors (Lipinski definition) is 3. The lowest BCUT2D eigenvalue weighted by molar-refractivity contribution is 0.0953. The molecule has 1 amide bonds. The van der Waals surface area contributed by atoms with Crippen molar-refractivity contribution in [1.29, 1.82) is 0 Å². The molecule has 1 aliphatic rings. The predicted molar refractivity (Wildman–Crippen MR) is 183 cm³/mol. The van der Waals surface area contributed by atoms with E-state index in [1.165, 1.54) is 60.9 Å². The Labute approximate surface area is 266 Å². The molecule has 0 bridgehead atoms. The summed E-state index contributed by atoms with van der Waals surface area (Å²) < 4.78 is 24.4. The van der Waals surface area contributed by atoms with Crippen molar-refractivity contribution in [3.8, 4) is 0 Å². The molecule has 1 aliphatic carbocycles. The molecule has 3 aromatic rings. The maximum atomic E-state index is 12.6. The quantitative estimate of drug-likeness (QED) is 0.190. The van der Waals surface area contributed by atoms with E-state index in [2.05, 4.69) is 66.2 Å². The highest BCUT2D eigenvalue weighted by Crippen LogP contribution is 2.17. The molecule has 0 atom stereocenters. The second-order valence-electron chi connectivity index (χ2n) is 11.0. The normalized spacial score (nSPS) is 12.5. The lowest BCUT2D eigenvalue weighted by atomic mass is 9.95. The molecule has 0 aromatic heterocycles. The first-order chi connectivity index (χ1) is 21.3. The SMILES string of the molecule is CC.CC.Cc1cc(F)cc(F)c1.Cc1cccc(CNCCCNC(=O)c2cc(C)cc(CCNC3CCCCC3)c2)c1. The van der Waals surface area contributed by atoms with Gasteiger partial charge in [-0.1, -0.05) is 88.4 Å². The topological polar surface area (TPSA) is 53.2 Å². The number of rotatable bonds is 11. The Hall–Kier alpha value is -3.09. The zero-order valence-electron chi connectivity index (χ0n) is 28.3. The standard InChI is InChI=1S/C27H39N3O.C7H6F2.2C2H6/c1-21-8-6-9-24(16-21)20-28-13-7-14-30-27(31)25-18-22(2)17-23(19-25)12-15-29-26-10-4-3-5-11-26;1-5-2-6(8)4-7(9)3-5;2*1-2/h6,8-9,16-19,26,28-29H,3-5,7,10-15,20H2,1-2H3,(H,30,31);2-4H,1H3;2*1-2H3. The van der Waals surface area contributed by atoms with Crippen molar-refractivity contribution < 1.29 is 13.6 Å². The van der Waals surface area contributed by atoms with E-state index in [1.54, 1.807) is 6.92 Å². The first-order valence-electron chi connectivity index (χ1n) is 16.6. The molecule has 0 aliphatic heterocycles. The van der Waals surface area contributed by atoms with Crippen molar-refractivity contribution in [2.24, 2.45) is 0 Å². The molecule has 1 fully saturated rings. The maximum absolute atomic E-state index is 12.6. The minimum absolute atomic E-state index is 0.0314. The van der Waals surface area contributed by atoms with Gasteiger partial charge >= 0.3 is 0 Å². The van der Waals surface area contributed by atoms with Crippen molar-refractivity contribution in [3.05, 3.63) is 106 Å². The number of carbonyl (C=O) groups is 1. The molecule has 1 saturated carbocycles. The van der Waals surface area contributed by atoms with Gasteiger partial charge in [0, 0.05) is 30.8 Å². The van der Waals surface area contributed by atoms with Crippen LogP contribution in [0.15, 0.2) is 60.7 Å². The molecule has 3 aromatic carbocycles. The van der Waals surface area contributed by atoms with Crippen molar-refractivity contribution in [2.45, 2.75) is 106 Å². The van der Waals surface area contributed by atoms with Crippen LogP contribution < -0.4 is 16.0 Å². The second-order valence-corrected chi connectivity index (χ2v) is 11.0. The summed E-state index contributed by atoms with van der Waals surface area (Å²) in [5.74, 6) is -1.01. The van der Waals surface area contributed by atoms with Crippen molar-refractivity contribution in [3.63, 3.8) is 0 Å². The number of hydrogen-bond donors (Lipinski definition) is 3. The molecule has 44 heavy (non-hydrogen) atoms. The second kappa shape index (κ2) is 23.3. The van der Waals surface area contributed by atoms with Gasteiger partial charge in [-0.05, 0) is 100 Å². The zero-order chi connectivity index (χ0) is 32.7. The zero-order valence-corrected chi connectivity index (χ0v) is 28.3. The van der Waals surface area contributed by atoms with E-state index in [1.807, 2.05) is 33.8 Å². The highest BCUT2D eigenvalue weighted by Gasteiger charge is 2.12. The van der Waals surface area contributed by atoms with Gasteiger partial charge in [-0.15, -0.1) is 0 Å². The van der Waals surface area contributed by atoms with Crippen LogP contribution in [0.1, 0.15) is 104 Å². The molecule has 6 heteroatoms. The Bertz CT molecular complexity index is 1160. The Morgan fingerprint density at radius 3 is 2.00 bits per heavy atom. The van der Waals surface area contributed by atoms with Crippen molar-refractivity contribution in [1.82, 2.24) is 16.0 Å². The fourth-order valence-electron chi connectivity index (χ4n) is 5.13. The number of carbonyl (C=O) groups excluding carboxylic acids is 1. The summed E-state index contributed by atoms with van der Waals surface area (Å²) >= 11 is 0. The van der Waals surface area contributed by atoms with Gasteiger partial charge in [-0.25, -0.2) is 8.78 Å². The van der Waals surface area contributed by atoms with Crippen LogP contribution in [-0.4, -0.2) is 31.6 Å². The Morgan fingerprint density at radius 2 is 1.36 bits per heavy atom. The van der Waals surface area contributed by atoms with Crippen LogP contribution in [-0.2, 0) is 13.0 Å². The molecule has 4 rings (SSSR count). The summed E-state index contributed by atoms with van der Waals surface area (Å²) in [6.45, 7) is 17.3. The largest absolute Gasteiger partial charge is 0.352 e. The monoisotopic (exact) mass is 609 g/mol. The summed E-state index contributed by atoms with van der Waals surface area (Å²) in [5.41, 5.74) is 6.37. The van der Waals surface area contributed by atoms with Gasteiger partial charge in [-0.2, -0.15) is 0 Å². The summed E-state index contributed by atoms with van der Waals surface area (Å²) in [7, 11) is 0. The molecule has 244 valence electrons. The predicted octanol–water partition coefficient (Wildman–Crippen LogP) is 9.00. The Kier molecular flexibility index (Phi) is 20.6. The fourth-order valence-corrected chi connectivity index (χ4v) is 5.13. The van der Waals surface area contributed by atoms with Crippen LogP contribution in [0.25, 0.3) is 0 Å². The van der Waals surface area contributed by atoms with Crippen LogP contribution in [0.3, 0.4) is 0 Å². The lowest BCUT2D eigenvalue weighted by Gasteiger charge is -2.22. The molecule has 0 unspecified atom stereocenters. The number of amides is 1. The third-order valence-corrected chi connectivity index (χ3v) is 7.09. The minimum atomic E-state index is -0.521. The van der Waals surface area contributed by atoms with Gasteiger partial charge in [0.05, 0.1) is 0 Å². The van der Waals surface area contributed by atoms with E-state index in [9.17, 15) is 13.6 Å². The average Bonchev–Trinajstić information content (AvgIpc) is 3.01. The first-order valence-corrected chi connectivity index (χ1v) is 16.6. The lowest BCUT2D eigenvalue weighted by Crippen LogP contribution is -2.32. The van der Waals surface area contributed by atoms with Crippen LogP contribution >= 0.6 is 0 Å². The summed E-state index contributed by atoms with van der Waals surface area (Å²) in [6.07, 6.45) is 8.60. The summed E-state index contributed by atoms with van der Waals surface area (Å²) in [4.78, 5) is 12.6. The third-order valence-electron chi connectivity index (χ3n) is 7.09. The Morgan fingerprint density at radius 1 is 0.727 bits per heavy atom. The van der Waals surface area contributed by atoms with Crippen LogP contribution in [0, 0.1) is 32.4 Å². The molecule has 3 N–H and O–H groups in total. The third kappa shape index (κ3) is 16.7. The maximum Gasteiger partial charge on any atom is 0.251 e. The molecular weight excluding hydrogens is 552 g/mol. The van der Waals surface area contributed by atoms with Gasteiger partial charge in [-0.3, -0.25) is 4.79 Å². The van der Waals surface area contributed by atoms with Crippen LogP contribution in [0.5, 0.6) is 0 Å². The van der Waals surface area contributed by atoms with Gasteiger partial charge in [0.2, 0.25) is 0 Å². The number of halogens is 2. The number of nitrogens with one attached hydrogen (secondary N) is 3. The fraction of sp³-hybridized carbons (Fsp3) is 0.500. The van der Waals surface area contributed by atoms with E-state index in [-0.39, 0.29) is 5.91 Å². The highest BCUT2D eigenvalue weighted by atomic mass is 19.1. The molecular formula is C38H57F2N3O. The highest BCUT2D eigenvalue weighted by molar-refractivity contribution is 5.94. The van der Waals surface area contributed by atoms with E-state index in [0.717, 1.165) is 49.7 Å². The van der Waals surface area contributed by atoms with Crippen LogP contribution in [0.2, 0.25) is 0 Å². The summed E-state index contributed by atoms with van der Waals surface area (Å²) in [6, 6.07) is 18.9. The van der Waals surface area contributed by atoms with Gasteiger partial charge in [0.25, 0.3) is 5.91 Å². The van der Waals surface area contributed by atoms with Gasteiger partial charge in [0.15, 0.2) is 0 Å². The first kappa shape index (κ1) is 38.9. The number of benzene rings is 3. The average molecular weight is 610 g/mol. The molecule has 0 spiro atoms. The molecule has 4 nitrogen and oxygen atoms in total. The molecule has 0 heterocycles. The molecule has 0 radical (unpaired) electrons. The van der Waals surface area contributed by atoms with E-state index >= 15 is 0 Å². The number of aryl methyl sites for hydroxylation is 3. The van der Waals surface area contributed by atoms with Crippen molar-refractivity contribution in [2.75, 3.05) is 19.6 Å². The Balaban J connectivity index is 0.000000626.